The lowest BCUT2D eigenvalue weighted by Crippen LogP contribution is -2.42. The third-order valence-electron chi connectivity index (χ3n) is 3.96. The summed E-state index contributed by atoms with van der Waals surface area (Å²) in [6, 6.07) is 9.50. The normalized spacial score (nSPS) is 21.1. The van der Waals surface area contributed by atoms with Gasteiger partial charge in [0, 0.05) is 19.7 Å². The number of hydrogen-bond acceptors (Lipinski definition) is 3. The Labute approximate surface area is 126 Å². The second-order valence-corrected chi connectivity index (χ2v) is 5.70. The molecule has 0 amide bonds. The van der Waals surface area contributed by atoms with E-state index in [0.717, 1.165) is 44.5 Å². The molecular formula is C17H25NO3. The minimum Gasteiger partial charge on any atom is -0.481 e. The molecule has 1 aromatic carbocycles. The van der Waals surface area contributed by atoms with Crippen LogP contribution in [0.1, 0.15) is 37.7 Å². The monoisotopic (exact) mass is 291 g/mol. The van der Waals surface area contributed by atoms with Gasteiger partial charge in [-0.15, -0.1) is 0 Å². The molecule has 1 N–H and O–H groups in total. The number of nitrogens with zero attached hydrogens (tertiary/aromatic N) is 1. The molecule has 0 spiro atoms. The molecule has 1 heterocycles. The Morgan fingerprint density at radius 1 is 1.43 bits per heavy atom. The van der Waals surface area contributed by atoms with Gasteiger partial charge in [-0.2, -0.15) is 0 Å². The van der Waals surface area contributed by atoms with Gasteiger partial charge in [0.15, 0.2) is 0 Å². The molecule has 2 atom stereocenters. The second-order valence-electron chi connectivity index (χ2n) is 5.70. The quantitative estimate of drug-likeness (QED) is 0.839. The maximum atomic E-state index is 11.6. The van der Waals surface area contributed by atoms with Gasteiger partial charge in [-0.3, -0.25) is 9.69 Å². The molecule has 116 valence electrons. The van der Waals surface area contributed by atoms with E-state index in [4.69, 9.17) is 4.74 Å². The fourth-order valence-electron chi connectivity index (χ4n) is 2.87. The lowest BCUT2D eigenvalue weighted by atomic mass is 9.97. The summed E-state index contributed by atoms with van der Waals surface area (Å²) in [6.45, 7) is 5.26. The smallest absolute Gasteiger partial charge is 0.312 e. The Hall–Kier alpha value is -1.39. The number of piperidine rings is 1. The molecule has 1 aromatic rings. The molecule has 21 heavy (non-hydrogen) atoms. The molecule has 0 saturated carbocycles. The van der Waals surface area contributed by atoms with Crippen LogP contribution in [0.3, 0.4) is 0 Å². The average Bonchev–Trinajstić information content (AvgIpc) is 2.51. The predicted molar refractivity (Wildman–Crippen MR) is 82.5 cm³/mol. The van der Waals surface area contributed by atoms with Crippen LogP contribution in [0.2, 0.25) is 0 Å². The van der Waals surface area contributed by atoms with Crippen molar-refractivity contribution in [2.75, 3.05) is 26.2 Å². The van der Waals surface area contributed by atoms with Crippen LogP contribution in [-0.2, 0) is 9.53 Å². The summed E-state index contributed by atoms with van der Waals surface area (Å²) in [4.78, 5) is 13.8. The first-order valence-electron chi connectivity index (χ1n) is 7.82. The summed E-state index contributed by atoms with van der Waals surface area (Å²) in [5.41, 5.74) is 0.876. The first-order valence-corrected chi connectivity index (χ1v) is 7.82. The molecule has 2 unspecified atom stereocenters. The van der Waals surface area contributed by atoms with Gasteiger partial charge >= 0.3 is 5.97 Å². The summed E-state index contributed by atoms with van der Waals surface area (Å²) >= 11 is 0. The van der Waals surface area contributed by atoms with Gasteiger partial charge in [0.1, 0.15) is 0 Å². The third-order valence-corrected chi connectivity index (χ3v) is 3.96. The maximum absolute atomic E-state index is 11.6. The Morgan fingerprint density at radius 2 is 2.19 bits per heavy atom. The van der Waals surface area contributed by atoms with Crippen LogP contribution in [0.15, 0.2) is 30.3 Å². The minimum atomic E-state index is -0.752. The lowest BCUT2D eigenvalue weighted by molar-refractivity contribution is -0.139. The van der Waals surface area contributed by atoms with Crippen molar-refractivity contribution in [2.24, 2.45) is 0 Å². The van der Waals surface area contributed by atoms with E-state index in [-0.39, 0.29) is 6.10 Å². The first kappa shape index (κ1) is 16.0. The number of aliphatic carboxylic acids is 1. The molecule has 4 nitrogen and oxygen atoms in total. The van der Waals surface area contributed by atoms with E-state index in [9.17, 15) is 9.90 Å². The van der Waals surface area contributed by atoms with Crippen molar-refractivity contribution in [2.45, 2.75) is 38.2 Å². The van der Waals surface area contributed by atoms with E-state index in [1.54, 1.807) is 0 Å². The topological polar surface area (TPSA) is 49.8 Å². The lowest BCUT2D eigenvalue weighted by Gasteiger charge is -2.34. The van der Waals surface area contributed by atoms with Crippen LogP contribution in [0.4, 0.5) is 0 Å². The van der Waals surface area contributed by atoms with Gasteiger partial charge in [-0.05, 0) is 31.4 Å². The molecule has 1 aliphatic heterocycles. The van der Waals surface area contributed by atoms with E-state index in [0.29, 0.717) is 6.54 Å². The summed E-state index contributed by atoms with van der Waals surface area (Å²) in [7, 11) is 0. The zero-order chi connectivity index (χ0) is 15.1. The Kier molecular flexibility index (Phi) is 6.21. The highest BCUT2D eigenvalue weighted by Crippen LogP contribution is 2.21. The number of likely N-dealkylation sites (tertiary alicyclic amines) is 1. The highest BCUT2D eigenvalue weighted by atomic mass is 16.5. The standard InChI is InChI=1S/C17H25NO3/c1-2-11-21-15-9-6-10-18(12-15)13-16(17(19)20)14-7-4-3-5-8-14/h3-5,7-8,15-16H,2,6,9-13H2,1H3,(H,19,20). The van der Waals surface area contributed by atoms with Crippen molar-refractivity contribution < 1.29 is 14.6 Å². The van der Waals surface area contributed by atoms with Crippen molar-refractivity contribution in [3.8, 4) is 0 Å². The zero-order valence-corrected chi connectivity index (χ0v) is 12.7. The van der Waals surface area contributed by atoms with E-state index in [1.165, 1.54) is 0 Å². The first-order chi connectivity index (χ1) is 10.2. The van der Waals surface area contributed by atoms with E-state index in [1.807, 2.05) is 30.3 Å². The molecule has 1 fully saturated rings. The minimum absolute atomic E-state index is 0.254. The molecule has 1 aliphatic rings. The number of hydrogen-bond donors (Lipinski definition) is 1. The number of benzene rings is 1. The Morgan fingerprint density at radius 3 is 2.86 bits per heavy atom. The molecule has 0 aromatic heterocycles. The second kappa shape index (κ2) is 8.15. The highest BCUT2D eigenvalue weighted by molar-refractivity contribution is 5.76. The summed E-state index contributed by atoms with van der Waals surface area (Å²) in [5.74, 6) is -1.21. The van der Waals surface area contributed by atoms with Gasteiger partial charge in [0.2, 0.25) is 0 Å². The van der Waals surface area contributed by atoms with Crippen molar-refractivity contribution in [1.82, 2.24) is 4.90 Å². The van der Waals surface area contributed by atoms with Gasteiger partial charge in [-0.1, -0.05) is 37.3 Å². The van der Waals surface area contributed by atoms with Crippen LogP contribution in [0.5, 0.6) is 0 Å². The van der Waals surface area contributed by atoms with Gasteiger partial charge in [0.25, 0.3) is 0 Å². The zero-order valence-electron chi connectivity index (χ0n) is 12.7. The molecule has 2 rings (SSSR count). The van der Waals surface area contributed by atoms with Crippen LogP contribution < -0.4 is 0 Å². The number of ether oxygens (including phenoxy) is 1. The van der Waals surface area contributed by atoms with Crippen LogP contribution >= 0.6 is 0 Å². The molecule has 0 bridgehead atoms. The fourth-order valence-corrected chi connectivity index (χ4v) is 2.87. The predicted octanol–water partition coefficient (Wildman–Crippen LogP) is 2.75. The summed E-state index contributed by atoms with van der Waals surface area (Å²) in [5, 5.41) is 9.51. The van der Waals surface area contributed by atoms with E-state index in [2.05, 4.69) is 11.8 Å². The van der Waals surface area contributed by atoms with Crippen molar-refractivity contribution in [1.29, 1.82) is 0 Å². The molecule has 0 radical (unpaired) electrons. The van der Waals surface area contributed by atoms with E-state index < -0.39 is 11.9 Å². The maximum Gasteiger partial charge on any atom is 0.312 e. The largest absolute Gasteiger partial charge is 0.481 e. The molecular weight excluding hydrogens is 266 g/mol. The molecule has 0 aliphatic carbocycles. The Bertz CT molecular complexity index is 435. The number of rotatable bonds is 7. The SMILES string of the molecule is CCCOC1CCCN(CC(C(=O)O)c2ccccc2)C1. The van der Waals surface area contributed by atoms with Crippen LogP contribution in [0.25, 0.3) is 0 Å². The average molecular weight is 291 g/mol. The fraction of sp³-hybridized carbons (Fsp3) is 0.588. The van der Waals surface area contributed by atoms with Gasteiger partial charge < -0.3 is 9.84 Å². The van der Waals surface area contributed by atoms with Crippen molar-refractivity contribution >= 4 is 5.97 Å². The Balaban J connectivity index is 1.95. The van der Waals surface area contributed by atoms with Gasteiger partial charge in [0.05, 0.1) is 12.0 Å². The third kappa shape index (κ3) is 4.83. The van der Waals surface area contributed by atoms with Crippen LogP contribution in [0, 0.1) is 0 Å². The summed E-state index contributed by atoms with van der Waals surface area (Å²) in [6.07, 6.45) is 3.44. The van der Waals surface area contributed by atoms with E-state index >= 15 is 0 Å². The van der Waals surface area contributed by atoms with Crippen molar-refractivity contribution in [3.63, 3.8) is 0 Å². The number of carboxylic acid groups (broad SMARTS) is 1. The highest BCUT2D eigenvalue weighted by Gasteiger charge is 2.26. The van der Waals surface area contributed by atoms with Crippen molar-refractivity contribution in [3.05, 3.63) is 35.9 Å². The number of carboxylic acids is 1. The molecule has 1 saturated heterocycles. The summed E-state index contributed by atoms with van der Waals surface area (Å²) < 4.78 is 5.82. The molecule has 4 heteroatoms. The number of carbonyl (C=O) groups is 1. The van der Waals surface area contributed by atoms with Gasteiger partial charge in [-0.25, -0.2) is 0 Å². The van der Waals surface area contributed by atoms with Crippen LogP contribution in [-0.4, -0.2) is 48.3 Å².